The van der Waals surface area contributed by atoms with Crippen LogP contribution in [0.15, 0.2) is 11.6 Å². The maximum Gasteiger partial charge on any atom is 0.328 e. The topological polar surface area (TPSA) is 63.6 Å². The van der Waals surface area contributed by atoms with Crippen LogP contribution in [0.1, 0.15) is 6.92 Å². The molecule has 0 aliphatic rings. The molecule has 0 aromatic carbocycles. The van der Waals surface area contributed by atoms with Crippen LogP contribution >= 0.6 is 0 Å². The van der Waals surface area contributed by atoms with Crippen molar-refractivity contribution in [1.82, 2.24) is 0 Å². The molecule has 0 aromatic heterocycles. The molecule has 5 heteroatoms. The molecule has 0 atom stereocenters. The van der Waals surface area contributed by atoms with Crippen LogP contribution in [0, 0.1) is 0 Å². The Balaban J connectivity index is 4.19. The summed E-state index contributed by atoms with van der Waals surface area (Å²) in [5, 5.41) is 8.16. The number of carboxylic acids is 1. The van der Waals surface area contributed by atoms with Gasteiger partial charge in [0.25, 0.3) is 0 Å². The van der Waals surface area contributed by atoms with Gasteiger partial charge in [-0.3, -0.25) is 0 Å². The smallest absolute Gasteiger partial charge is 0.328 e. The van der Waals surface area contributed by atoms with Gasteiger partial charge in [-0.2, -0.15) is 0 Å². The zero-order valence-electron chi connectivity index (χ0n) is 5.75. The second kappa shape index (κ2) is 3.83. The Morgan fingerprint density at radius 2 is 2.10 bits per heavy atom. The first kappa shape index (κ1) is 8.90. The van der Waals surface area contributed by atoms with Gasteiger partial charge in [0, 0.05) is 11.6 Å². The average Bonchev–Trinajstić information content (AvgIpc) is 1.85. The van der Waals surface area contributed by atoms with Crippen LogP contribution in [0.3, 0.4) is 0 Å². The summed E-state index contributed by atoms with van der Waals surface area (Å²) < 4.78 is 4.38. The lowest BCUT2D eigenvalue weighted by molar-refractivity contribution is -0.133. The number of rotatable bonds is 2. The number of carbonyl (C=O) groups is 2. The van der Waals surface area contributed by atoms with E-state index in [9.17, 15) is 9.59 Å². The van der Waals surface area contributed by atoms with E-state index in [4.69, 9.17) is 5.11 Å². The van der Waals surface area contributed by atoms with E-state index >= 15 is 0 Å². The Hall–Kier alpha value is -1.10. The van der Waals surface area contributed by atoms with Gasteiger partial charge in [-0.25, -0.2) is 9.59 Å². The van der Waals surface area contributed by atoms with E-state index in [0.29, 0.717) is 0 Å². The van der Waals surface area contributed by atoms with Gasteiger partial charge in [-0.1, -0.05) is 0 Å². The Morgan fingerprint density at radius 1 is 1.60 bits per heavy atom. The van der Waals surface area contributed by atoms with Crippen molar-refractivity contribution < 1.29 is 19.1 Å². The quantitative estimate of drug-likeness (QED) is 0.409. The van der Waals surface area contributed by atoms with E-state index < -0.39 is 11.9 Å². The molecule has 10 heavy (non-hydrogen) atoms. The molecular formula is C5H8O4Si. The van der Waals surface area contributed by atoms with Crippen LogP contribution in [0.4, 0.5) is 0 Å². The molecule has 0 spiro atoms. The van der Waals surface area contributed by atoms with Crippen LogP contribution in [0.25, 0.3) is 0 Å². The second-order valence-corrected chi connectivity index (χ2v) is 2.07. The monoisotopic (exact) mass is 160 g/mol. The molecule has 1 N–H and O–H groups in total. The van der Waals surface area contributed by atoms with Gasteiger partial charge in [0.15, 0.2) is 0 Å². The molecule has 0 saturated heterocycles. The predicted molar refractivity (Wildman–Crippen MR) is 37.4 cm³/mol. The van der Waals surface area contributed by atoms with Crippen molar-refractivity contribution in [2.45, 2.75) is 6.92 Å². The minimum atomic E-state index is -1.13. The molecule has 0 heterocycles. The molecule has 0 unspecified atom stereocenters. The fourth-order valence-electron chi connectivity index (χ4n) is 0.405. The van der Waals surface area contributed by atoms with Gasteiger partial charge in [0.2, 0.25) is 10.5 Å². The van der Waals surface area contributed by atoms with E-state index in [1.54, 1.807) is 0 Å². The predicted octanol–water partition coefficient (Wildman–Crippen LogP) is -1.16. The van der Waals surface area contributed by atoms with Gasteiger partial charge in [0.1, 0.15) is 0 Å². The maximum atomic E-state index is 10.5. The molecular weight excluding hydrogens is 152 g/mol. The Morgan fingerprint density at radius 3 is 2.40 bits per heavy atom. The summed E-state index contributed by atoms with van der Waals surface area (Å²) in [6.07, 6.45) is 0.820. The Kier molecular flexibility index (Phi) is 3.41. The Labute approximate surface area is 61.0 Å². The number of carboxylic acid groups (broad SMARTS) is 1. The van der Waals surface area contributed by atoms with E-state index in [-0.39, 0.29) is 16.1 Å². The summed E-state index contributed by atoms with van der Waals surface area (Å²) in [7, 11) is 0.288. The summed E-state index contributed by atoms with van der Waals surface area (Å²) in [6, 6.07) is 0. The van der Waals surface area contributed by atoms with Gasteiger partial charge in [-0.05, 0) is 6.92 Å². The summed E-state index contributed by atoms with van der Waals surface area (Å²) >= 11 is 0. The second-order valence-electron chi connectivity index (χ2n) is 1.66. The van der Waals surface area contributed by atoms with Gasteiger partial charge >= 0.3 is 11.9 Å². The summed E-state index contributed by atoms with van der Waals surface area (Å²) in [6.45, 7) is 1.40. The minimum Gasteiger partial charge on any atom is -0.526 e. The molecule has 0 rings (SSSR count). The van der Waals surface area contributed by atoms with Gasteiger partial charge in [-0.15, -0.1) is 0 Å². The van der Waals surface area contributed by atoms with Gasteiger partial charge < -0.3 is 9.53 Å². The Bertz CT molecular complexity index is 184. The lowest BCUT2D eigenvalue weighted by Gasteiger charge is -1.95. The molecule has 4 nitrogen and oxygen atoms in total. The standard InChI is InChI=1S/C5H8O4Si/c1-3(2-4(6)7)5(8)9-10/h2H,1,10H3,(H,6,7)/b3-2+. The number of carbonyl (C=O) groups excluding carboxylic acids is 1. The van der Waals surface area contributed by atoms with E-state index in [0.717, 1.165) is 6.08 Å². The fourth-order valence-corrected chi connectivity index (χ4v) is 0.727. The van der Waals surface area contributed by atoms with Crippen LogP contribution in [-0.4, -0.2) is 27.5 Å². The van der Waals surface area contributed by atoms with Crippen molar-refractivity contribution in [2.75, 3.05) is 0 Å². The lowest BCUT2D eigenvalue weighted by atomic mass is 10.3. The highest BCUT2D eigenvalue weighted by Crippen LogP contribution is 1.93. The molecule has 0 radical (unpaired) electrons. The van der Waals surface area contributed by atoms with Crippen LogP contribution in [-0.2, 0) is 14.0 Å². The molecule has 0 saturated carbocycles. The van der Waals surface area contributed by atoms with Crippen molar-refractivity contribution >= 4 is 22.4 Å². The van der Waals surface area contributed by atoms with Crippen molar-refractivity contribution in [3.05, 3.63) is 11.6 Å². The SMILES string of the molecule is C/C(=C\C(=O)O)C(=O)O[SiH3]. The number of hydrogen-bond donors (Lipinski definition) is 1. The number of aliphatic carboxylic acids is 1. The van der Waals surface area contributed by atoms with E-state index in [2.05, 4.69) is 4.43 Å². The molecule has 0 aliphatic carbocycles. The molecule has 0 bridgehead atoms. The summed E-state index contributed by atoms with van der Waals surface area (Å²) in [4.78, 5) is 20.5. The first-order chi connectivity index (χ1) is 4.57. The van der Waals surface area contributed by atoms with E-state index in [1.807, 2.05) is 0 Å². The number of hydrogen-bond acceptors (Lipinski definition) is 3. The molecule has 56 valence electrons. The third-order valence-electron chi connectivity index (χ3n) is 0.847. The van der Waals surface area contributed by atoms with Crippen LogP contribution < -0.4 is 0 Å². The zero-order valence-corrected chi connectivity index (χ0v) is 7.75. The minimum absolute atomic E-state index is 0.113. The third kappa shape index (κ3) is 3.03. The highest BCUT2D eigenvalue weighted by molar-refractivity contribution is 6.10. The lowest BCUT2D eigenvalue weighted by Crippen LogP contribution is -2.04. The first-order valence-corrected chi connectivity index (χ1v) is 3.39. The van der Waals surface area contributed by atoms with Crippen molar-refractivity contribution in [3.63, 3.8) is 0 Å². The van der Waals surface area contributed by atoms with Crippen molar-refractivity contribution in [2.24, 2.45) is 0 Å². The van der Waals surface area contributed by atoms with Crippen molar-refractivity contribution in [3.8, 4) is 0 Å². The highest BCUT2D eigenvalue weighted by atomic mass is 28.2. The maximum absolute atomic E-state index is 10.5. The molecule has 0 fully saturated rings. The van der Waals surface area contributed by atoms with E-state index in [1.165, 1.54) is 6.92 Å². The summed E-state index contributed by atoms with van der Waals surface area (Å²) in [5.74, 6) is -1.70. The van der Waals surface area contributed by atoms with Gasteiger partial charge in [0.05, 0.1) is 0 Å². The molecule has 0 aromatic rings. The normalized spacial score (nSPS) is 11.1. The molecule has 0 amide bonds. The van der Waals surface area contributed by atoms with Crippen molar-refractivity contribution in [1.29, 1.82) is 0 Å². The third-order valence-corrected chi connectivity index (χ3v) is 1.22. The highest BCUT2D eigenvalue weighted by Gasteiger charge is 2.03. The van der Waals surface area contributed by atoms with Crippen LogP contribution in [0.2, 0.25) is 0 Å². The largest absolute Gasteiger partial charge is 0.526 e. The summed E-state index contributed by atoms with van der Waals surface area (Å²) in [5.41, 5.74) is 0.113. The fraction of sp³-hybridized carbons (Fsp3) is 0.200. The molecule has 0 aliphatic heterocycles. The average molecular weight is 160 g/mol. The van der Waals surface area contributed by atoms with Crippen LogP contribution in [0.5, 0.6) is 0 Å². The zero-order chi connectivity index (χ0) is 8.15. The first-order valence-electron chi connectivity index (χ1n) is 2.57.